The lowest BCUT2D eigenvalue weighted by Crippen LogP contribution is -2.38. The molecule has 2 aliphatic rings. The second-order valence-corrected chi connectivity index (χ2v) is 8.61. The third-order valence-electron chi connectivity index (χ3n) is 6.48. The van der Waals surface area contributed by atoms with Gasteiger partial charge in [-0.15, -0.1) is 0 Å². The van der Waals surface area contributed by atoms with Gasteiger partial charge in [-0.05, 0) is 44.4 Å². The molecule has 1 saturated heterocycles. The number of aromatic amines is 1. The number of likely N-dealkylation sites (tertiary alicyclic amines) is 1. The highest BCUT2D eigenvalue weighted by atomic mass is 19.1. The lowest BCUT2D eigenvalue weighted by Gasteiger charge is -2.30. The van der Waals surface area contributed by atoms with Crippen molar-refractivity contribution in [2.45, 2.75) is 45.1 Å². The van der Waals surface area contributed by atoms with Gasteiger partial charge < -0.3 is 4.98 Å². The summed E-state index contributed by atoms with van der Waals surface area (Å²) in [6.45, 7) is 5.02. The number of anilines is 1. The molecule has 0 bridgehead atoms. The second-order valence-electron chi connectivity index (χ2n) is 8.61. The van der Waals surface area contributed by atoms with Gasteiger partial charge in [0.05, 0.1) is 6.54 Å². The fraction of sp³-hybridized carbons (Fsp3) is 0.417. The van der Waals surface area contributed by atoms with Gasteiger partial charge in [-0.1, -0.05) is 18.2 Å². The maximum Gasteiger partial charge on any atom is 0.228 e. The van der Waals surface area contributed by atoms with E-state index in [2.05, 4.69) is 14.9 Å². The van der Waals surface area contributed by atoms with E-state index < -0.39 is 0 Å². The smallest absolute Gasteiger partial charge is 0.228 e. The molecule has 1 fully saturated rings. The van der Waals surface area contributed by atoms with Gasteiger partial charge in [0.25, 0.3) is 0 Å². The number of carbonyl (C=O) groups is 1. The first-order valence-electron chi connectivity index (χ1n) is 11.2. The third kappa shape index (κ3) is 4.14. The minimum absolute atomic E-state index is 0.0451. The maximum absolute atomic E-state index is 14.1. The molecule has 1 N–H and O–H groups in total. The number of carbonyl (C=O) groups excluding carboxylic acids is 1. The quantitative estimate of drug-likeness (QED) is 0.645. The number of benzene rings is 1. The van der Waals surface area contributed by atoms with E-state index in [1.54, 1.807) is 23.2 Å². The van der Waals surface area contributed by atoms with Crippen molar-refractivity contribution in [2.75, 3.05) is 24.5 Å². The van der Waals surface area contributed by atoms with E-state index in [9.17, 15) is 9.18 Å². The van der Waals surface area contributed by atoms with Crippen LogP contribution in [0.2, 0.25) is 0 Å². The molecule has 0 unspecified atom stereocenters. The minimum atomic E-state index is -0.237. The number of rotatable bonds is 6. The molecule has 0 saturated carbocycles. The highest BCUT2D eigenvalue weighted by Gasteiger charge is 2.32. The first kappa shape index (κ1) is 20.8. The van der Waals surface area contributed by atoms with Gasteiger partial charge >= 0.3 is 0 Å². The number of imidazole rings is 1. The molecule has 5 rings (SSSR count). The molecule has 1 amide bonds. The minimum Gasteiger partial charge on any atom is -0.348 e. The van der Waals surface area contributed by atoms with E-state index in [1.165, 1.54) is 6.07 Å². The van der Waals surface area contributed by atoms with Crippen LogP contribution >= 0.6 is 0 Å². The molecule has 0 radical (unpaired) electrons. The topological polar surface area (TPSA) is 78.0 Å². The van der Waals surface area contributed by atoms with Gasteiger partial charge in [-0.2, -0.15) is 0 Å². The van der Waals surface area contributed by atoms with Crippen molar-refractivity contribution in [2.24, 2.45) is 0 Å². The number of aromatic nitrogens is 4. The van der Waals surface area contributed by atoms with Crippen molar-refractivity contribution in [1.82, 2.24) is 24.8 Å². The highest BCUT2D eigenvalue weighted by Crippen LogP contribution is 2.32. The molecule has 0 spiro atoms. The zero-order valence-electron chi connectivity index (χ0n) is 18.2. The Morgan fingerprint density at radius 2 is 2.09 bits per heavy atom. The molecule has 1 atom stereocenters. The van der Waals surface area contributed by atoms with Crippen LogP contribution in [-0.4, -0.2) is 50.4 Å². The molecule has 1 aromatic carbocycles. The average Bonchev–Trinajstić information content (AvgIpc) is 3.47. The first-order chi connectivity index (χ1) is 15.6. The van der Waals surface area contributed by atoms with Crippen LogP contribution in [0.4, 0.5) is 10.2 Å². The van der Waals surface area contributed by atoms with Gasteiger partial charge in [0.2, 0.25) is 5.91 Å². The number of aryl methyl sites for hydroxylation is 1. The van der Waals surface area contributed by atoms with Crippen LogP contribution in [0.25, 0.3) is 0 Å². The molecule has 2 aromatic heterocycles. The molecule has 3 aromatic rings. The van der Waals surface area contributed by atoms with E-state index in [1.807, 2.05) is 19.2 Å². The van der Waals surface area contributed by atoms with Crippen molar-refractivity contribution in [1.29, 1.82) is 0 Å². The number of amides is 1. The Morgan fingerprint density at radius 3 is 2.91 bits per heavy atom. The number of hydrogen-bond donors (Lipinski definition) is 1. The normalized spacial score (nSPS) is 18.9. The summed E-state index contributed by atoms with van der Waals surface area (Å²) in [5, 5.41) is 0. The summed E-state index contributed by atoms with van der Waals surface area (Å²) in [4.78, 5) is 34.1. The van der Waals surface area contributed by atoms with E-state index in [0.29, 0.717) is 37.2 Å². The third-order valence-corrected chi connectivity index (χ3v) is 6.48. The number of H-pyrrole nitrogens is 1. The lowest BCUT2D eigenvalue weighted by atomic mass is 10.0. The van der Waals surface area contributed by atoms with Crippen LogP contribution in [0.3, 0.4) is 0 Å². The zero-order chi connectivity index (χ0) is 22.1. The summed E-state index contributed by atoms with van der Waals surface area (Å²) < 4.78 is 14.1. The number of halogens is 1. The van der Waals surface area contributed by atoms with Crippen LogP contribution in [-0.2, 0) is 24.2 Å². The summed E-state index contributed by atoms with van der Waals surface area (Å²) >= 11 is 0. The van der Waals surface area contributed by atoms with Gasteiger partial charge in [0.15, 0.2) is 0 Å². The van der Waals surface area contributed by atoms with Crippen LogP contribution < -0.4 is 4.90 Å². The Hall–Kier alpha value is -3.13. The van der Waals surface area contributed by atoms with E-state index in [4.69, 9.17) is 9.97 Å². The first-order valence-corrected chi connectivity index (χ1v) is 11.2. The highest BCUT2D eigenvalue weighted by molar-refractivity contribution is 5.95. The summed E-state index contributed by atoms with van der Waals surface area (Å²) in [6, 6.07) is 6.73. The van der Waals surface area contributed by atoms with Gasteiger partial charge in [-0.3, -0.25) is 14.6 Å². The van der Waals surface area contributed by atoms with Crippen LogP contribution in [0, 0.1) is 12.7 Å². The van der Waals surface area contributed by atoms with Crippen molar-refractivity contribution < 1.29 is 9.18 Å². The second kappa shape index (κ2) is 8.78. The molecule has 32 heavy (non-hydrogen) atoms. The van der Waals surface area contributed by atoms with Gasteiger partial charge in [0, 0.05) is 49.1 Å². The lowest BCUT2D eigenvalue weighted by molar-refractivity contribution is -0.118. The summed E-state index contributed by atoms with van der Waals surface area (Å²) in [7, 11) is 0. The summed E-state index contributed by atoms with van der Waals surface area (Å²) in [6.07, 6.45) is 6.14. The molecule has 166 valence electrons. The molecular weight excluding hydrogens is 407 g/mol. The standard InChI is InChI=1S/C24H27FN6O/c1-16-19-6-7-22(32)31(13-9-17-4-2-3-5-20(17)25)24(19)29-23(28-16)18-8-12-30(14-18)15-21-26-10-11-27-21/h2-5,10-11,18H,6-9,12-15H2,1H3,(H,26,27)/t18-/m0/s1. The predicted molar refractivity (Wildman–Crippen MR) is 119 cm³/mol. The Morgan fingerprint density at radius 1 is 1.22 bits per heavy atom. The molecule has 7 nitrogen and oxygen atoms in total. The summed E-state index contributed by atoms with van der Waals surface area (Å²) in [5.74, 6) is 2.50. The van der Waals surface area contributed by atoms with Crippen molar-refractivity contribution in [3.05, 3.63) is 70.9 Å². The molecule has 0 aliphatic carbocycles. The van der Waals surface area contributed by atoms with E-state index in [-0.39, 0.29) is 17.6 Å². The number of nitrogens with one attached hydrogen (secondary N) is 1. The Labute approximate surface area is 186 Å². The average molecular weight is 435 g/mol. The summed E-state index contributed by atoms with van der Waals surface area (Å²) in [5.41, 5.74) is 2.59. The molecule has 8 heteroatoms. The van der Waals surface area contributed by atoms with Crippen molar-refractivity contribution in [3.63, 3.8) is 0 Å². The van der Waals surface area contributed by atoms with Crippen LogP contribution in [0.1, 0.15) is 47.2 Å². The fourth-order valence-electron chi connectivity index (χ4n) is 4.73. The molecule has 2 aliphatic heterocycles. The van der Waals surface area contributed by atoms with Gasteiger partial charge in [0.1, 0.15) is 23.3 Å². The fourth-order valence-corrected chi connectivity index (χ4v) is 4.73. The molecular formula is C24H27FN6O. The Balaban J connectivity index is 1.36. The number of nitrogens with zero attached hydrogens (tertiary/aromatic N) is 5. The number of fused-ring (bicyclic) bond motifs is 1. The Kier molecular flexibility index (Phi) is 5.70. The van der Waals surface area contributed by atoms with Crippen LogP contribution in [0.15, 0.2) is 36.7 Å². The predicted octanol–water partition coefficient (Wildman–Crippen LogP) is 3.16. The SMILES string of the molecule is Cc1nc([C@H]2CCN(Cc3ncc[nH]3)C2)nc2c1CCC(=O)N2CCc1ccccc1F. The Bertz CT molecular complexity index is 1120. The van der Waals surface area contributed by atoms with E-state index >= 15 is 0 Å². The molecule has 4 heterocycles. The number of hydrogen-bond acceptors (Lipinski definition) is 5. The largest absolute Gasteiger partial charge is 0.348 e. The van der Waals surface area contributed by atoms with Crippen molar-refractivity contribution >= 4 is 11.7 Å². The van der Waals surface area contributed by atoms with Crippen LogP contribution in [0.5, 0.6) is 0 Å². The van der Waals surface area contributed by atoms with E-state index in [0.717, 1.165) is 49.0 Å². The maximum atomic E-state index is 14.1. The zero-order valence-corrected chi connectivity index (χ0v) is 18.2. The van der Waals surface area contributed by atoms with Crippen molar-refractivity contribution in [3.8, 4) is 0 Å². The monoisotopic (exact) mass is 434 g/mol. The van der Waals surface area contributed by atoms with Gasteiger partial charge in [-0.25, -0.2) is 19.3 Å².